The lowest BCUT2D eigenvalue weighted by molar-refractivity contribution is 0.793. The highest BCUT2D eigenvalue weighted by atomic mass is 15.1. The molecule has 0 fully saturated rings. The van der Waals surface area contributed by atoms with Gasteiger partial charge in [-0.15, -0.1) is 0 Å². The normalized spacial score (nSPS) is 12.9. The maximum Gasteiger partial charge on any atom is 0.0727 e. The minimum Gasteiger partial charge on any atom is -0.310 e. The summed E-state index contributed by atoms with van der Waals surface area (Å²) in [6.07, 6.45) is 0. The number of para-hydroxylation sites is 2. The molecule has 0 saturated heterocycles. The van der Waals surface area contributed by atoms with E-state index in [1.165, 1.54) is 55.6 Å². The number of fused-ring (bicyclic) bond motifs is 10. The first-order valence-corrected chi connectivity index (χ1v) is 18.4. The van der Waals surface area contributed by atoms with Crippen LogP contribution in [-0.4, -0.2) is 0 Å². The van der Waals surface area contributed by atoms with Crippen molar-refractivity contribution >= 4 is 34.1 Å². The Morgan fingerprint density at radius 2 is 0.642 bits per heavy atom. The van der Waals surface area contributed by atoms with Gasteiger partial charge in [0, 0.05) is 34.1 Å². The fraction of sp³-hybridized carbons (Fsp3) is 0.0588. The standard InChI is InChI=1S/C51H38N2/c1-35-15-13-21-39(31-35)52(37-17-5-3-6-18-37)41-27-29-45-46-30-28-42(53(38-19-7-4-8-20-38)40-22-14-16-36(2)32-40)34-50(46)51(49(45)33-41)47-25-11-9-23-43(47)44-24-10-12-26-48(44)51/h3-34H,1-2H3. The third-order valence-corrected chi connectivity index (χ3v) is 11.1. The molecule has 252 valence electrons. The molecule has 0 aliphatic heterocycles. The Kier molecular flexibility index (Phi) is 7.19. The summed E-state index contributed by atoms with van der Waals surface area (Å²) in [5.41, 5.74) is 19.2. The van der Waals surface area contributed by atoms with Gasteiger partial charge in [0.05, 0.1) is 5.41 Å². The van der Waals surface area contributed by atoms with Crippen LogP contribution in [-0.2, 0) is 5.41 Å². The molecule has 2 aliphatic carbocycles. The van der Waals surface area contributed by atoms with Gasteiger partial charge in [0.1, 0.15) is 0 Å². The SMILES string of the molecule is Cc1cccc(N(c2ccccc2)c2ccc3c(c2)C2(c4ccccc4-c4ccccc42)c2cc(N(c4ccccc4)c4cccc(C)c4)ccc2-3)c1. The van der Waals surface area contributed by atoms with Gasteiger partial charge in [-0.2, -0.15) is 0 Å². The lowest BCUT2D eigenvalue weighted by Gasteiger charge is -2.33. The van der Waals surface area contributed by atoms with Crippen LogP contribution in [0.2, 0.25) is 0 Å². The van der Waals surface area contributed by atoms with E-state index in [4.69, 9.17) is 0 Å². The molecule has 0 unspecified atom stereocenters. The average molecular weight is 679 g/mol. The van der Waals surface area contributed by atoms with Gasteiger partial charge < -0.3 is 9.80 Å². The van der Waals surface area contributed by atoms with E-state index in [0.29, 0.717) is 0 Å². The van der Waals surface area contributed by atoms with Gasteiger partial charge >= 0.3 is 0 Å². The van der Waals surface area contributed by atoms with E-state index in [9.17, 15) is 0 Å². The number of nitrogens with zero attached hydrogens (tertiary/aromatic N) is 2. The molecule has 0 amide bonds. The molecule has 8 aromatic carbocycles. The van der Waals surface area contributed by atoms with Crippen LogP contribution < -0.4 is 9.80 Å². The zero-order valence-corrected chi connectivity index (χ0v) is 29.9. The van der Waals surface area contributed by atoms with Crippen LogP contribution in [0.5, 0.6) is 0 Å². The predicted octanol–water partition coefficient (Wildman–Crippen LogP) is 13.6. The Morgan fingerprint density at radius 3 is 1.08 bits per heavy atom. The van der Waals surface area contributed by atoms with Gasteiger partial charge in [-0.25, -0.2) is 0 Å². The van der Waals surface area contributed by atoms with Gasteiger partial charge in [0.15, 0.2) is 0 Å². The summed E-state index contributed by atoms with van der Waals surface area (Å²) in [5, 5.41) is 0. The maximum atomic E-state index is 2.47. The smallest absolute Gasteiger partial charge is 0.0727 e. The van der Waals surface area contributed by atoms with Crippen LogP contribution in [0.3, 0.4) is 0 Å². The quantitative estimate of drug-likeness (QED) is 0.173. The van der Waals surface area contributed by atoms with E-state index in [1.54, 1.807) is 0 Å². The largest absolute Gasteiger partial charge is 0.310 e. The monoisotopic (exact) mass is 678 g/mol. The molecule has 0 N–H and O–H groups in total. The molecule has 2 nitrogen and oxygen atoms in total. The minimum absolute atomic E-state index is 0.506. The fourth-order valence-corrected chi connectivity index (χ4v) is 8.98. The lowest BCUT2D eigenvalue weighted by Crippen LogP contribution is -2.26. The highest BCUT2D eigenvalue weighted by Gasteiger charge is 2.52. The Morgan fingerprint density at radius 1 is 0.283 bits per heavy atom. The van der Waals surface area contributed by atoms with E-state index in [0.717, 1.165) is 34.1 Å². The average Bonchev–Trinajstić information content (AvgIpc) is 3.66. The molecule has 0 atom stereocenters. The molecular weight excluding hydrogens is 641 g/mol. The first kappa shape index (κ1) is 31.1. The highest BCUT2D eigenvalue weighted by Crippen LogP contribution is 2.64. The summed E-state index contributed by atoms with van der Waals surface area (Å²) in [5.74, 6) is 0. The number of hydrogen-bond donors (Lipinski definition) is 0. The van der Waals surface area contributed by atoms with Gasteiger partial charge in [0.2, 0.25) is 0 Å². The highest BCUT2D eigenvalue weighted by molar-refractivity contribution is 5.97. The van der Waals surface area contributed by atoms with Crippen LogP contribution in [0.1, 0.15) is 33.4 Å². The molecule has 2 aliphatic rings. The molecule has 0 radical (unpaired) electrons. The van der Waals surface area contributed by atoms with Crippen LogP contribution in [0, 0.1) is 13.8 Å². The van der Waals surface area contributed by atoms with Crippen molar-refractivity contribution in [1.82, 2.24) is 0 Å². The van der Waals surface area contributed by atoms with Crippen molar-refractivity contribution in [2.75, 3.05) is 9.80 Å². The van der Waals surface area contributed by atoms with Gasteiger partial charge in [-0.1, -0.05) is 121 Å². The number of hydrogen-bond acceptors (Lipinski definition) is 2. The molecule has 10 rings (SSSR count). The third-order valence-electron chi connectivity index (χ3n) is 11.1. The molecule has 8 aromatic rings. The summed E-state index contributed by atoms with van der Waals surface area (Å²) >= 11 is 0. The lowest BCUT2D eigenvalue weighted by atomic mass is 9.70. The summed E-state index contributed by atoms with van der Waals surface area (Å²) < 4.78 is 0. The Bertz CT molecular complexity index is 2470. The second-order valence-electron chi connectivity index (χ2n) is 14.3. The zero-order valence-electron chi connectivity index (χ0n) is 29.9. The van der Waals surface area contributed by atoms with Crippen LogP contribution in [0.25, 0.3) is 22.3 Å². The van der Waals surface area contributed by atoms with Crippen molar-refractivity contribution < 1.29 is 0 Å². The van der Waals surface area contributed by atoms with Crippen molar-refractivity contribution in [3.63, 3.8) is 0 Å². The molecule has 0 bridgehead atoms. The zero-order chi connectivity index (χ0) is 35.5. The van der Waals surface area contributed by atoms with E-state index >= 15 is 0 Å². The van der Waals surface area contributed by atoms with E-state index in [1.807, 2.05) is 0 Å². The van der Waals surface area contributed by atoms with E-state index in [2.05, 4.69) is 218 Å². The van der Waals surface area contributed by atoms with E-state index < -0.39 is 5.41 Å². The third kappa shape index (κ3) is 4.80. The fourth-order valence-electron chi connectivity index (χ4n) is 8.98. The second kappa shape index (κ2) is 12.3. The molecular formula is C51H38N2. The second-order valence-corrected chi connectivity index (χ2v) is 14.3. The van der Waals surface area contributed by atoms with Crippen molar-refractivity contribution in [2.45, 2.75) is 19.3 Å². The Labute approximate surface area is 311 Å². The predicted molar refractivity (Wildman–Crippen MR) is 222 cm³/mol. The van der Waals surface area contributed by atoms with Gasteiger partial charge in [-0.3, -0.25) is 0 Å². The van der Waals surface area contributed by atoms with E-state index in [-0.39, 0.29) is 0 Å². The minimum atomic E-state index is -0.506. The number of aryl methyl sites for hydroxylation is 2. The molecule has 53 heavy (non-hydrogen) atoms. The summed E-state index contributed by atoms with van der Waals surface area (Å²) in [6.45, 7) is 4.33. The Hall–Kier alpha value is -6.64. The first-order valence-electron chi connectivity index (χ1n) is 18.4. The summed E-state index contributed by atoms with van der Waals surface area (Å²) in [6, 6.07) is 71.5. The summed E-state index contributed by atoms with van der Waals surface area (Å²) in [7, 11) is 0. The van der Waals surface area contributed by atoms with Crippen LogP contribution >= 0.6 is 0 Å². The number of anilines is 6. The first-order chi connectivity index (χ1) is 26.1. The summed E-state index contributed by atoms with van der Waals surface area (Å²) in [4.78, 5) is 4.80. The van der Waals surface area contributed by atoms with Crippen molar-refractivity contribution in [3.05, 3.63) is 228 Å². The number of benzene rings is 8. The van der Waals surface area contributed by atoms with Crippen molar-refractivity contribution in [2.24, 2.45) is 0 Å². The van der Waals surface area contributed by atoms with Gasteiger partial charge in [0.25, 0.3) is 0 Å². The van der Waals surface area contributed by atoms with Gasteiger partial charge in [-0.05, 0) is 142 Å². The Balaban J connectivity index is 1.26. The van der Waals surface area contributed by atoms with Crippen LogP contribution in [0.4, 0.5) is 34.1 Å². The van der Waals surface area contributed by atoms with Crippen molar-refractivity contribution in [3.8, 4) is 22.3 Å². The molecule has 0 heterocycles. The molecule has 0 saturated carbocycles. The molecule has 1 spiro atoms. The topological polar surface area (TPSA) is 6.48 Å². The molecule has 2 heteroatoms. The molecule has 0 aromatic heterocycles. The van der Waals surface area contributed by atoms with Crippen LogP contribution in [0.15, 0.2) is 194 Å². The maximum absolute atomic E-state index is 2.47. The number of rotatable bonds is 6. The van der Waals surface area contributed by atoms with Crippen molar-refractivity contribution in [1.29, 1.82) is 0 Å².